The molecule has 0 amide bonds. The summed E-state index contributed by atoms with van der Waals surface area (Å²) in [6, 6.07) is 10.6. The molecular weight excluding hydrogens is 360 g/mol. The van der Waals surface area contributed by atoms with Crippen molar-refractivity contribution >= 4 is 5.78 Å². The molecule has 0 heterocycles. The van der Waals surface area contributed by atoms with Gasteiger partial charge in [0.1, 0.15) is 5.78 Å². The number of phenols is 1. The first-order valence-electron chi connectivity index (χ1n) is 9.11. The summed E-state index contributed by atoms with van der Waals surface area (Å²) in [5, 5.41) is 19.8. The van der Waals surface area contributed by atoms with Gasteiger partial charge in [-0.3, -0.25) is 4.79 Å². The number of aromatic hydroxyl groups is 1. The van der Waals surface area contributed by atoms with Crippen LogP contribution in [0.25, 0.3) is 0 Å². The van der Waals surface area contributed by atoms with Crippen molar-refractivity contribution in [3.8, 4) is 23.0 Å². The number of hydrogen-bond donors (Lipinski definition) is 2. The molecule has 0 aliphatic carbocycles. The smallest absolute Gasteiger partial charge is 0.160 e. The van der Waals surface area contributed by atoms with Crippen LogP contribution in [0.5, 0.6) is 23.0 Å². The van der Waals surface area contributed by atoms with Crippen molar-refractivity contribution in [3.63, 3.8) is 0 Å². The molecule has 1 unspecified atom stereocenters. The maximum atomic E-state index is 12.3. The van der Waals surface area contributed by atoms with Gasteiger partial charge in [0.25, 0.3) is 0 Å². The number of hydrogen-bond acceptors (Lipinski definition) is 6. The largest absolute Gasteiger partial charge is 0.504 e. The van der Waals surface area contributed by atoms with Crippen molar-refractivity contribution < 1.29 is 29.2 Å². The van der Waals surface area contributed by atoms with Crippen LogP contribution in [0, 0.1) is 11.8 Å². The van der Waals surface area contributed by atoms with E-state index in [1.807, 2.05) is 18.2 Å². The number of aliphatic hydroxyl groups excluding tert-OH is 1. The molecule has 2 aromatic rings. The highest BCUT2D eigenvalue weighted by molar-refractivity contribution is 5.79. The van der Waals surface area contributed by atoms with Crippen LogP contribution in [0.15, 0.2) is 36.4 Å². The Morgan fingerprint density at radius 2 is 1.46 bits per heavy atom. The first-order chi connectivity index (χ1) is 13.4. The van der Waals surface area contributed by atoms with E-state index >= 15 is 0 Å². The second-order valence-electron chi connectivity index (χ2n) is 6.76. The summed E-state index contributed by atoms with van der Waals surface area (Å²) >= 11 is 0. The molecular formula is C22H28O6. The molecule has 0 fully saturated rings. The Bertz CT molecular complexity index is 802. The number of phenolic OH excluding ortho intramolecular Hbond substituents is 1. The molecule has 0 aromatic heterocycles. The lowest BCUT2D eigenvalue weighted by Gasteiger charge is -2.24. The van der Waals surface area contributed by atoms with Gasteiger partial charge in [-0.15, -0.1) is 0 Å². The number of ketones is 1. The summed E-state index contributed by atoms with van der Waals surface area (Å²) < 4.78 is 15.7. The van der Waals surface area contributed by atoms with Crippen LogP contribution < -0.4 is 14.2 Å². The van der Waals surface area contributed by atoms with Crippen molar-refractivity contribution in [2.24, 2.45) is 11.8 Å². The third kappa shape index (κ3) is 5.16. The Morgan fingerprint density at radius 1 is 0.893 bits per heavy atom. The van der Waals surface area contributed by atoms with Gasteiger partial charge < -0.3 is 24.4 Å². The Morgan fingerprint density at radius 3 is 2.04 bits per heavy atom. The van der Waals surface area contributed by atoms with Crippen molar-refractivity contribution in [3.05, 3.63) is 47.5 Å². The molecule has 2 N–H and O–H groups in total. The van der Waals surface area contributed by atoms with Gasteiger partial charge in [0.2, 0.25) is 0 Å². The fourth-order valence-electron chi connectivity index (χ4n) is 3.39. The fourth-order valence-corrected chi connectivity index (χ4v) is 3.39. The number of methoxy groups -OCH3 is 3. The summed E-state index contributed by atoms with van der Waals surface area (Å²) in [6.45, 7) is 1.42. The Balaban J connectivity index is 2.24. The summed E-state index contributed by atoms with van der Waals surface area (Å²) in [7, 11) is 4.63. The highest BCUT2D eigenvalue weighted by Gasteiger charge is 2.26. The minimum atomic E-state index is -0.368. The van der Waals surface area contributed by atoms with Gasteiger partial charge >= 0.3 is 0 Å². The highest BCUT2D eigenvalue weighted by atomic mass is 16.5. The first-order valence-corrected chi connectivity index (χ1v) is 9.11. The number of carbonyl (C=O) groups is 1. The maximum absolute atomic E-state index is 12.3. The second kappa shape index (κ2) is 9.99. The first kappa shape index (κ1) is 21.6. The molecule has 0 aliphatic heterocycles. The number of Topliss-reactive ketones (excluding diaryl/α,β-unsaturated/α-hetero) is 1. The SMILES string of the molecule is COc1cc(CC(C(C)=O)[C@H](CO)Cc2ccc(OC)c(OC)c2)ccc1O. The monoisotopic (exact) mass is 388 g/mol. The summed E-state index contributed by atoms with van der Waals surface area (Å²) in [6.07, 6.45) is 0.973. The second-order valence-corrected chi connectivity index (χ2v) is 6.76. The zero-order chi connectivity index (χ0) is 20.7. The van der Waals surface area contributed by atoms with E-state index < -0.39 is 0 Å². The third-order valence-corrected chi connectivity index (χ3v) is 4.97. The standard InChI is InChI=1S/C22H28O6/c1-14(24)18(10-16-5-7-19(25)21(11-16)27-3)17(13-23)9-15-6-8-20(26-2)22(12-15)28-4/h5-8,11-12,17-18,23,25H,9-10,13H2,1-4H3/t17-,18?/m0/s1. The Hall–Kier alpha value is -2.73. The van der Waals surface area contributed by atoms with Gasteiger partial charge in [0.15, 0.2) is 23.0 Å². The minimum absolute atomic E-state index is 0.00608. The Labute approximate surface area is 165 Å². The third-order valence-electron chi connectivity index (χ3n) is 4.97. The quantitative estimate of drug-likeness (QED) is 0.651. The van der Waals surface area contributed by atoms with Crippen molar-refractivity contribution in [1.29, 1.82) is 0 Å². The number of rotatable bonds is 10. The van der Waals surface area contributed by atoms with E-state index in [0.29, 0.717) is 30.1 Å². The van der Waals surface area contributed by atoms with Gasteiger partial charge in [-0.2, -0.15) is 0 Å². The molecule has 6 nitrogen and oxygen atoms in total. The van der Waals surface area contributed by atoms with Gasteiger partial charge in [-0.05, 0) is 61.1 Å². The predicted octanol–water partition coefficient (Wildman–Crippen LogP) is 3.02. The molecule has 2 aromatic carbocycles. The van der Waals surface area contributed by atoms with Crippen LogP contribution in [0.2, 0.25) is 0 Å². The van der Waals surface area contributed by atoms with Crippen LogP contribution in [0.1, 0.15) is 18.1 Å². The van der Waals surface area contributed by atoms with Gasteiger partial charge in [0.05, 0.1) is 21.3 Å². The molecule has 6 heteroatoms. The summed E-state index contributed by atoms with van der Waals surface area (Å²) in [4.78, 5) is 12.3. The zero-order valence-corrected chi connectivity index (χ0v) is 16.8. The van der Waals surface area contributed by atoms with Crippen LogP contribution >= 0.6 is 0 Å². The lowest BCUT2D eigenvalue weighted by molar-refractivity contribution is -0.122. The van der Waals surface area contributed by atoms with Crippen LogP contribution in [-0.4, -0.2) is 43.9 Å². The lowest BCUT2D eigenvalue weighted by Crippen LogP contribution is -2.28. The molecule has 28 heavy (non-hydrogen) atoms. The van der Waals surface area contributed by atoms with Crippen molar-refractivity contribution in [1.82, 2.24) is 0 Å². The summed E-state index contributed by atoms with van der Waals surface area (Å²) in [5.74, 6) is 1.04. The van der Waals surface area contributed by atoms with Crippen LogP contribution in [0.3, 0.4) is 0 Å². The van der Waals surface area contributed by atoms with E-state index in [0.717, 1.165) is 11.1 Å². The van der Waals surface area contributed by atoms with E-state index in [1.165, 1.54) is 7.11 Å². The predicted molar refractivity (Wildman–Crippen MR) is 106 cm³/mol. The van der Waals surface area contributed by atoms with E-state index in [9.17, 15) is 15.0 Å². The molecule has 0 radical (unpaired) electrons. The van der Waals surface area contributed by atoms with Crippen molar-refractivity contribution in [2.45, 2.75) is 19.8 Å². The van der Waals surface area contributed by atoms with Crippen molar-refractivity contribution in [2.75, 3.05) is 27.9 Å². The average Bonchev–Trinajstić information content (AvgIpc) is 2.71. The number of carbonyl (C=O) groups excluding carboxylic acids is 1. The van der Waals surface area contributed by atoms with E-state index in [1.54, 1.807) is 39.3 Å². The minimum Gasteiger partial charge on any atom is -0.504 e. The number of ether oxygens (including phenoxy) is 3. The van der Waals surface area contributed by atoms with Crippen LogP contribution in [0.4, 0.5) is 0 Å². The van der Waals surface area contributed by atoms with E-state index in [2.05, 4.69) is 0 Å². The van der Waals surface area contributed by atoms with Crippen LogP contribution in [-0.2, 0) is 17.6 Å². The van der Waals surface area contributed by atoms with Gasteiger partial charge in [-0.1, -0.05) is 12.1 Å². The zero-order valence-electron chi connectivity index (χ0n) is 16.8. The molecule has 0 saturated heterocycles. The molecule has 0 bridgehead atoms. The highest BCUT2D eigenvalue weighted by Crippen LogP contribution is 2.32. The Kier molecular flexibility index (Phi) is 7.70. The normalized spacial score (nSPS) is 12.9. The fraction of sp³-hybridized carbons (Fsp3) is 0.409. The number of aliphatic hydroxyl groups is 1. The topological polar surface area (TPSA) is 85.2 Å². The maximum Gasteiger partial charge on any atom is 0.160 e. The molecule has 0 spiro atoms. The lowest BCUT2D eigenvalue weighted by atomic mass is 9.81. The molecule has 2 rings (SSSR count). The molecule has 2 atom stereocenters. The van der Waals surface area contributed by atoms with Gasteiger partial charge in [-0.25, -0.2) is 0 Å². The van der Waals surface area contributed by atoms with E-state index in [4.69, 9.17) is 14.2 Å². The average molecular weight is 388 g/mol. The number of benzene rings is 2. The molecule has 152 valence electrons. The molecule has 0 aliphatic rings. The van der Waals surface area contributed by atoms with Gasteiger partial charge in [0, 0.05) is 12.5 Å². The van der Waals surface area contributed by atoms with E-state index in [-0.39, 0.29) is 30.0 Å². The molecule has 0 saturated carbocycles. The summed E-state index contributed by atoms with van der Waals surface area (Å²) in [5.41, 5.74) is 1.81.